The number of hydrogen-bond acceptors (Lipinski definition) is 3. The van der Waals surface area contributed by atoms with Gasteiger partial charge in [0.05, 0.1) is 0 Å². The smallest absolute Gasteiger partial charge is 0.0162 e. The molecule has 0 rings (SSSR count). The first kappa shape index (κ1) is 30.8. The van der Waals surface area contributed by atoms with Crippen molar-refractivity contribution >= 4 is 21.6 Å². The summed E-state index contributed by atoms with van der Waals surface area (Å²) in [4.78, 5) is 0. The molecule has 0 heterocycles. The first-order chi connectivity index (χ1) is 15.4. The molecule has 0 aliphatic heterocycles. The largest absolute Gasteiger partial charge is 0.316 e. The second kappa shape index (κ2) is 15.6. The highest BCUT2D eigenvalue weighted by molar-refractivity contribution is 8.76. The maximum atomic E-state index is 4.20. The summed E-state index contributed by atoms with van der Waals surface area (Å²) in [6.07, 6.45) is 1.90. The molecule has 3 heteroatoms. The summed E-state index contributed by atoms with van der Waals surface area (Å²) in [7, 11) is 3.80. The maximum absolute atomic E-state index is 4.20. The lowest BCUT2D eigenvalue weighted by molar-refractivity contribution is 0.769. The standard InChI is InChI=1S/C30H41NS2/c1-14-31-17-19-33-32-18-15-16-21(4)23(6)25(8)27(10)29(12)30(13)28(11)26(9)24(7)22(5)20(2)3/h31H,2,4-19H2,1,3H3. The molecule has 0 aromatic heterocycles. The minimum Gasteiger partial charge on any atom is -0.316 e. The SMILES string of the molecule is C=C(C)C(=C)C(=C)C(=C)C(=C)C(=C)C(=C)C(=C)C(=C)C(=C)C(=C)CCCSSCCNCC. The van der Waals surface area contributed by atoms with E-state index in [-0.39, 0.29) is 0 Å². The molecule has 0 amide bonds. The van der Waals surface area contributed by atoms with Gasteiger partial charge in [0.1, 0.15) is 0 Å². The van der Waals surface area contributed by atoms with Gasteiger partial charge in [-0.05, 0) is 82.0 Å². The molecule has 0 radical (unpaired) electrons. The van der Waals surface area contributed by atoms with Gasteiger partial charge < -0.3 is 5.32 Å². The van der Waals surface area contributed by atoms with Crippen LogP contribution in [-0.2, 0) is 0 Å². The first-order valence-corrected chi connectivity index (χ1v) is 13.4. The van der Waals surface area contributed by atoms with E-state index in [1.807, 2.05) is 28.5 Å². The van der Waals surface area contributed by atoms with E-state index < -0.39 is 0 Å². The average molecular weight is 480 g/mol. The lowest BCUT2D eigenvalue weighted by Crippen LogP contribution is -2.15. The van der Waals surface area contributed by atoms with E-state index in [4.69, 9.17) is 0 Å². The Kier molecular flexibility index (Phi) is 14.6. The predicted octanol–water partition coefficient (Wildman–Crippen LogP) is 8.90. The van der Waals surface area contributed by atoms with Crippen molar-refractivity contribution in [3.8, 4) is 0 Å². The summed E-state index contributed by atoms with van der Waals surface area (Å²) in [6, 6.07) is 0. The quantitative estimate of drug-likeness (QED) is 0.113. The lowest BCUT2D eigenvalue weighted by atomic mass is 9.83. The van der Waals surface area contributed by atoms with Gasteiger partial charge >= 0.3 is 0 Å². The maximum Gasteiger partial charge on any atom is 0.0162 e. The van der Waals surface area contributed by atoms with E-state index in [1.165, 1.54) is 0 Å². The Morgan fingerprint density at radius 1 is 0.576 bits per heavy atom. The van der Waals surface area contributed by atoms with Crippen molar-refractivity contribution in [3.63, 3.8) is 0 Å². The molecule has 0 aliphatic carbocycles. The summed E-state index contributed by atoms with van der Waals surface area (Å²) in [5, 5.41) is 3.33. The summed E-state index contributed by atoms with van der Waals surface area (Å²) >= 11 is 0. The van der Waals surface area contributed by atoms with Crippen LogP contribution in [0.25, 0.3) is 0 Å². The summed E-state index contributed by atoms with van der Waals surface area (Å²) in [5.41, 5.74) is 7.94. The summed E-state index contributed by atoms with van der Waals surface area (Å²) in [5.74, 6) is 2.18. The molecule has 1 nitrogen and oxygen atoms in total. The van der Waals surface area contributed by atoms with Crippen LogP contribution < -0.4 is 5.32 Å². The molecule has 0 atom stereocenters. The molecule has 0 saturated heterocycles. The van der Waals surface area contributed by atoms with Crippen molar-refractivity contribution in [2.24, 2.45) is 0 Å². The third-order valence-corrected chi connectivity index (χ3v) is 7.75. The molecule has 1 N–H and O–H groups in total. The van der Waals surface area contributed by atoms with Crippen LogP contribution in [0.1, 0.15) is 26.7 Å². The van der Waals surface area contributed by atoms with Gasteiger partial charge in [-0.15, -0.1) is 0 Å². The second-order valence-corrected chi connectivity index (χ2v) is 10.5. The molecule has 0 aliphatic rings. The van der Waals surface area contributed by atoms with Crippen molar-refractivity contribution in [1.29, 1.82) is 0 Å². The van der Waals surface area contributed by atoms with Gasteiger partial charge in [-0.2, -0.15) is 0 Å². The average Bonchev–Trinajstić information content (AvgIpc) is 2.80. The molecule has 0 fully saturated rings. The van der Waals surface area contributed by atoms with Crippen molar-refractivity contribution in [2.45, 2.75) is 26.7 Å². The van der Waals surface area contributed by atoms with E-state index in [0.717, 1.165) is 59.7 Å². The number of nitrogens with one attached hydrogen (secondary N) is 1. The molecule has 0 bridgehead atoms. The third-order valence-electron chi connectivity index (χ3n) is 5.26. The Balaban J connectivity index is 4.79. The van der Waals surface area contributed by atoms with Crippen molar-refractivity contribution in [2.75, 3.05) is 24.6 Å². The van der Waals surface area contributed by atoms with Gasteiger partial charge in [0.15, 0.2) is 0 Å². The second-order valence-electron chi connectivity index (χ2n) is 7.79. The van der Waals surface area contributed by atoms with Gasteiger partial charge in [-0.1, -0.05) is 106 Å². The molecule has 178 valence electrons. The zero-order valence-electron chi connectivity index (χ0n) is 20.8. The highest BCUT2D eigenvalue weighted by Crippen LogP contribution is 2.36. The Morgan fingerprint density at radius 2 is 0.970 bits per heavy atom. The summed E-state index contributed by atoms with van der Waals surface area (Å²) in [6.45, 7) is 51.4. The Hall–Kier alpha value is -2.20. The zero-order valence-corrected chi connectivity index (χ0v) is 22.5. The Labute approximate surface area is 211 Å². The molecule has 33 heavy (non-hydrogen) atoms. The van der Waals surface area contributed by atoms with Crippen LogP contribution in [-0.4, -0.2) is 24.6 Å². The zero-order chi connectivity index (χ0) is 25.7. The molecule has 0 saturated carbocycles. The highest BCUT2D eigenvalue weighted by Gasteiger charge is 2.17. The number of allylic oxidation sites excluding steroid dienone is 11. The molecular formula is C30H41NS2. The van der Waals surface area contributed by atoms with Gasteiger partial charge in [-0.3, -0.25) is 0 Å². The fourth-order valence-electron chi connectivity index (χ4n) is 2.65. The van der Waals surface area contributed by atoms with Gasteiger partial charge in [0.2, 0.25) is 0 Å². The fraction of sp³-hybridized carbons (Fsp3) is 0.267. The van der Waals surface area contributed by atoms with Crippen LogP contribution in [0.2, 0.25) is 0 Å². The van der Waals surface area contributed by atoms with Crippen LogP contribution in [0.5, 0.6) is 0 Å². The summed E-state index contributed by atoms with van der Waals surface area (Å²) < 4.78 is 0. The monoisotopic (exact) mass is 479 g/mol. The Bertz CT molecular complexity index is 908. The van der Waals surface area contributed by atoms with Crippen molar-refractivity contribution < 1.29 is 0 Å². The topological polar surface area (TPSA) is 12.0 Å². The van der Waals surface area contributed by atoms with Crippen LogP contribution in [0.4, 0.5) is 0 Å². The first-order valence-electron chi connectivity index (χ1n) is 10.9. The third kappa shape index (κ3) is 10.1. The van der Waals surface area contributed by atoms with Crippen LogP contribution in [0.15, 0.2) is 134 Å². The van der Waals surface area contributed by atoms with E-state index in [9.17, 15) is 0 Å². The molecule has 0 aromatic rings. The minimum absolute atomic E-state index is 0.631. The van der Waals surface area contributed by atoms with Gasteiger partial charge in [-0.25, -0.2) is 0 Å². The Morgan fingerprint density at radius 3 is 1.39 bits per heavy atom. The normalized spacial score (nSPS) is 10.1. The van der Waals surface area contributed by atoms with Gasteiger partial charge in [0, 0.05) is 18.1 Å². The molecule has 0 spiro atoms. The lowest BCUT2D eigenvalue weighted by Gasteiger charge is -2.21. The van der Waals surface area contributed by atoms with Crippen LogP contribution in [0.3, 0.4) is 0 Å². The van der Waals surface area contributed by atoms with Crippen LogP contribution in [0, 0.1) is 0 Å². The van der Waals surface area contributed by atoms with Crippen molar-refractivity contribution in [3.05, 3.63) is 134 Å². The van der Waals surface area contributed by atoms with E-state index in [1.54, 1.807) is 0 Å². The molecular weight excluding hydrogens is 438 g/mol. The van der Waals surface area contributed by atoms with Gasteiger partial charge in [0.25, 0.3) is 0 Å². The van der Waals surface area contributed by atoms with Crippen LogP contribution >= 0.6 is 21.6 Å². The van der Waals surface area contributed by atoms with E-state index in [2.05, 4.69) is 84.6 Å². The molecule has 0 aromatic carbocycles. The molecule has 0 unspecified atom stereocenters. The number of rotatable bonds is 19. The fourth-order valence-corrected chi connectivity index (χ4v) is 4.69. The van der Waals surface area contributed by atoms with Crippen molar-refractivity contribution in [1.82, 2.24) is 5.32 Å². The van der Waals surface area contributed by atoms with E-state index >= 15 is 0 Å². The number of hydrogen-bond donors (Lipinski definition) is 1. The highest BCUT2D eigenvalue weighted by atomic mass is 33.1. The predicted molar refractivity (Wildman–Crippen MR) is 159 cm³/mol. The van der Waals surface area contributed by atoms with E-state index in [0.29, 0.717) is 39.0 Å². The minimum atomic E-state index is 0.631.